The van der Waals surface area contributed by atoms with Gasteiger partial charge in [0.25, 0.3) is 0 Å². The van der Waals surface area contributed by atoms with Crippen molar-refractivity contribution in [1.82, 2.24) is 14.5 Å². The lowest BCUT2D eigenvalue weighted by molar-refractivity contribution is -0.137. The van der Waals surface area contributed by atoms with Gasteiger partial charge in [-0.1, -0.05) is 0 Å². The molecule has 18 heavy (non-hydrogen) atoms. The third-order valence-corrected chi connectivity index (χ3v) is 3.71. The summed E-state index contributed by atoms with van der Waals surface area (Å²) in [6, 6.07) is 0. The van der Waals surface area contributed by atoms with Crippen molar-refractivity contribution in [2.24, 2.45) is 5.92 Å². The van der Waals surface area contributed by atoms with Crippen molar-refractivity contribution in [3.8, 4) is 0 Å². The largest absolute Gasteiger partial charge is 0.481 e. The molecule has 0 aromatic carbocycles. The molecule has 0 amide bonds. The Kier molecular flexibility index (Phi) is 4.75. The number of imidazole rings is 1. The number of carboxylic acid groups (broad SMARTS) is 1. The maximum Gasteiger partial charge on any atom is 0.303 e. The normalized spacial score (nSPS) is 18.0. The van der Waals surface area contributed by atoms with Gasteiger partial charge in [0.15, 0.2) is 0 Å². The molecule has 1 aliphatic heterocycles. The summed E-state index contributed by atoms with van der Waals surface area (Å²) >= 11 is 0. The average molecular weight is 251 g/mol. The summed E-state index contributed by atoms with van der Waals surface area (Å²) in [7, 11) is 0. The fraction of sp³-hybridized carbons (Fsp3) is 0.692. The fourth-order valence-corrected chi connectivity index (χ4v) is 2.50. The highest BCUT2D eigenvalue weighted by atomic mass is 16.4. The predicted octanol–water partition coefficient (Wildman–Crippen LogP) is 1.46. The molecular formula is C13H21N3O2. The maximum atomic E-state index is 10.5. The SMILES string of the molecule is O=C(O)CCC1CCN(CCn2ccnc2)CC1. The average Bonchev–Trinajstić information content (AvgIpc) is 2.88. The van der Waals surface area contributed by atoms with E-state index in [1.54, 1.807) is 6.20 Å². The van der Waals surface area contributed by atoms with Gasteiger partial charge in [0, 0.05) is 31.9 Å². The fourth-order valence-electron chi connectivity index (χ4n) is 2.50. The van der Waals surface area contributed by atoms with Crippen LogP contribution in [0.15, 0.2) is 18.7 Å². The molecule has 1 aromatic rings. The molecule has 0 radical (unpaired) electrons. The Morgan fingerprint density at radius 2 is 2.11 bits per heavy atom. The predicted molar refractivity (Wildman–Crippen MR) is 68.3 cm³/mol. The first-order chi connectivity index (χ1) is 8.74. The summed E-state index contributed by atoms with van der Waals surface area (Å²) in [6.45, 7) is 4.24. The number of hydrogen-bond acceptors (Lipinski definition) is 3. The minimum atomic E-state index is -0.669. The number of aliphatic carboxylic acids is 1. The summed E-state index contributed by atoms with van der Waals surface area (Å²) in [5.74, 6) is -0.0665. The quantitative estimate of drug-likeness (QED) is 0.831. The summed E-state index contributed by atoms with van der Waals surface area (Å²) in [5, 5.41) is 8.67. The van der Waals surface area contributed by atoms with Crippen LogP contribution in [-0.2, 0) is 11.3 Å². The zero-order valence-electron chi connectivity index (χ0n) is 10.7. The van der Waals surface area contributed by atoms with Crippen LogP contribution in [0.2, 0.25) is 0 Å². The minimum absolute atomic E-state index is 0.319. The molecule has 1 N–H and O–H groups in total. The smallest absolute Gasteiger partial charge is 0.303 e. The van der Waals surface area contributed by atoms with Gasteiger partial charge in [-0.15, -0.1) is 0 Å². The van der Waals surface area contributed by atoms with Gasteiger partial charge >= 0.3 is 5.97 Å². The van der Waals surface area contributed by atoms with Crippen LogP contribution in [-0.4, -0.2) is 45.2 Å². The molecule has 0 atom stereocenters. The van der Waals surface area contributed by atoms with Crippen LogP contribution in [0.1, 0.15) is 25.7 Å². The molecule has 1 saturated heterocycles. The van der Waals surface area contributed by atoms with Crippen molar-refractivity contribution in [2.75, 3.05) is 19.6 Å². The summed E-state index contributed by atoms with van der Waals surface area (Å²) in [4.78, 5) is 17.0. The van der Waals surface area contributed by atoms with Crippen molar-refractivity contribution in [1.29, 1.82) is 0 Å². The first kappa shape index (κ1) is 13.1. The Bertz CT molecular complexity index is 356. The van der Waals surface area contributed by atoms with Crippen LogP contribution >= 0.6 is 0 Å². The number of hydrogen-bond donors (Lipinski definition) is 1. The zero-order valence-corrected chi connectivity index (χ0v) is 10.7. The van der Waals surface area contributed by atoms with Crippen LogP contribution in [0, 0.1) is 5.92 Å². The van der Waals surface area contributed by atoms with Gasteiger partial charge in [-0.2, -0.15) is 0 Å². The van der Waals surface area contributed by atoms with E-state index in [1.165, 1.54) is 0 Å². The lowest BCUT2D eigenvalue weighted by Gasteiger charge is -2.31. The Hall–Kier alpha value is -1.36. The molecule has 1 aliphatic rings. The van der Waals surface area contributed by atoms with Crippen molar-refractivity contribution in [3.63, 3.8) is 0 Å². The molecule has 0 aliphatic carbocycles. The van der Waals surface area contributed by atoms with E-state index in [0.29, 0.717) is 12.3 Å². The summed E-state index contributed by atoms with van der Waals surface area (Å²) in [6.07, 6.45) is 9.07. The molecule has 0 spiro atoms. The highest BCUT2D eigenvalue weighted by Crippen LogP contribution is 2.21. The molecule has 1 aromatic heterocycles. The van der Waals surface area contributed by atoms with E-state index in [1.807, 2.05) is 12.5 Å². The van der Waals surface area contributed by atoms with Crippen LogP contribution in [0.4, 0.5) is 0 Å². The van der Waals surface area contributed by atoms with E-state index in [2.05, 4.69) is 14.5 Å². The Morgan fingerprint density at radius 1 is 1.33 bits per heavy atom. The molecule has 2 heterocycles. The van der Waals surface area contributed by atoms with E-state index in [4.69, 9.17) is 5.11 Å². The Balaban J connectivity index is 1.62. The number of aromatic nitrogens is 2. The second-order valence-electron chi connectivity index (χ2n) is 5.02. The number of carboxylic acids is 1. The van der Waals surface area contributed by atoms with E-state index in [0.717, 1.165) is 45.4 Å². The number of rotatable bonds is 6. The standard InChI is InChI=1S/C13H21N3O2/c17-13(18)2-1-12-3-6-15(7-4-12)9-10-16-8-5-14-11-16/h5,8,11-12H,1-4,6-7,9-10H2,(H,17,18). The number of likely N-dealkylation sites (tertiary alicyclic amines) is 1. The molecule has 0 saturated carbocycles. The molecule has 0 bridgehead atoms. The maximum absolute atomic E-state index is 10.5. The third-order valence-electron chi connectivity index (χ3n) is 3.71. The number of piperidine rings is 1. The molecule has 1 fully saturated rings. The van der Waals surface area contributed by atoms with Gasteiger partial charge in [0.05, 0.1) is 6.33 Å². The topological polar surface area (TPSA) is 58.4 Å². The van der Waals surface area contributed by atoms with E-state index >= 15 is 0 Å². The van der Waals surface area contributed by atoms with Gasteiger partial charge in [0.2, 0.25) is 0 Å². The van der Waals surface area contributed by atoms with Crippen molar-refractivity contribution in [2.45, 2.75) is 32.2 Å². The number of nitrogens with zero attached hydrogens (tertiary/aromatic N) is 3. The molecule has 2 rings (SSSR count). The number of carbonyl (C=O) groups is 1. The van der Waals surface area contributed by atoms with E-state index in [9.17, 15) is 4.79 Å². The van der Waals surface area contributed by atoms with Crippen LogP contribution < -0.4 is 0 Å². The van der Waals surface area contributed by atoms with Crippen molar-refractivity contribution < 1.29 is 9.90 Å². The lowest BCUT2D eigenvalue weighted by atomic mass is 9.92. The molecular weight excluding hydrogens is 230 g/mol. The molecule has 0 unspecified atom stereocenters. The molecule has 100 valence electrons. The Labute approximate surface area is 107 Å². The summed E-state index contributed by atoms with van der Waals surface area (Å²) < 4.78 is 2.09. The first-order valence-electron chi connectivity index (χ1n) is 6.64. The molecule has 5 nitrogen and oxygen atoms in total. The van der Waals surface area contributed by atoms with Crippen LogP contribution in [0.25, 0.3) is 0 Å². The van der Waals surface area contributed by atoms with E-state index in [-0.39, 0.29) is 0 Å². The van der Waals surface area contributed by atoms with Gasteiger partial charge < -0.3 is 14.6 Å². The van der Waals surface area contributed by atoms with E-state index < -0.39 is 5.97 Å². The van der Waals surface area contributed by atoms with Gasteiger partial charge in [-0.05, 0) is 38.3 Å². The van der Waals surface area contributed by atoms with Gasteiger partial charge in [-0.25, -0.2) is 4.98 Å². The highest BCUT2D eigenvalue weighted by molar-refractivity contribution is 5.66. The van der Waals surface area contributed by atoms with Crippen LogP contribution in [0.5, 0.6) is 0 Å². The zero-order chi connectivity index (χ0) is 12.8. The van der Waals surface area contributed by atoms with Crippen molar-refractivity contribution >= 4 is 5.97 Å². The highest BCUT2D eigenvalue weighted by Gasteiger charge is 2.19. The lowest BCUT2D eigenvalue weighted by Crippen LogP contribution is -2.35. The first-order valence-corrected chi connectivity index (χ1v) is 6.64. The summed E-state index contributed by atoms with van der Waals surface area (Å²) in [5.41, 5.74) is 0. The minimum Gasteiger partial charge on any atom is -0.481 e. The molecule has 5 heteroatoms. The van der Waals surface area contributed by atoms with Crippen molar-refractivity contribution in [3.05, 3.63) is 18.7 Å². The second-order valence-corrected chi connectivity index (χ2v) is 5.02. The monoisotopic (exact) mass is 251 g/mol. The van der Waals surface area contributed by atoms with Crippen LogP contribution in [0.3, 0.4) is 0 Å². The Morgan fingerprint density at radius 3 is 2.72 bits per heavy atom. The third kappa shape index (κ3) is 4.14. The van der Waals surface area contributed by atoms with Gasteiger partial charge in [-0.3, -0.25) is 4.79 Å². The second kappa shape index (κ2) is 6.54. The van der Waals surface area contributed by atoms with Gasteiger partial charge in [0.1, 0.15) is 0 Å².